The minimum absolute atomic E-state index is 0.263. The number of benzene rings is 4. The summed E-state index contributed by atoms with van der Waals surface area (Å²) in [5.41, 5.74) is 6.59. The number of hydrogen-bond acceptors (Lipinski definition) is 1. The maximum Gasteiger partial charge on any atom is 0.0733 e. The molecule has 1 unspecified atom stereocenters. The van der Waals surface area contributed by atoms with E-state index in [1.165, 1.54) is 49.4 Å². The standard InChI is InChI=1S/C28H24N2/c1-3-30-25-12-5-4-10-21(25)23-18-19(15-17-26(23)30)14-16-24-22-11-6-8-20-9-7-13-27(28(20)22)29(24)2/h4-18,24H,3H2,1-2H3/b16-14+. The quantitative estimate of drug-likeness (QED) is 0.318. The van der Waals surface area contributed by atoms with E-state index < -0.39 is 0 Å². The van der Waals surface area contributed by atoms with Crippen LogP contribution in [0.4, 0.5) is 5.69 Å². The smallest absolute Gasteiger partial charge is 0.0733 e. The number of fused-ring (bicyclic) bond motifs is 3. The van der Waals surface area contributed by atoms with Gasteiger partial charge < -0.3 is 9.47 Å². The SMILES string of the molecule is CCn1c2ccccc2c2cc(/C=C/C3c4cccc5cccc(c45)N3C)ccc21. The molecule has 4 aromatic carbocycles. The topological polar surface area (TPSA) is 8.17 Å². The fourth-order valence-corrected chi connectivity index (χ4v) is 5.20. The van der Waals surface area contributed by atoms with Crippen molar-refractivity contribution in [3.8, 4) is 0 Å². The Bertz CT molecular complexity index is 1450. The number of rotatable bonds is 3. The van der Waals surface area contributed by atoms with Crippen LogP contribution in [-0.4, -0.2) is 11.6 Å². The zero-order valence-electron chi connectivity index (χ0n) is 17.3. The Kier molecular flexibility index (Phi) is 3.76. The molecule has 0 fully saturated rings. The Morgan fingerprint density at radius 1 is 0.833 bits per heavy atom. The number of anilines is 1. The summed E-state index contributed by atoms with van der Waals surface area (Å²) < 4.78 is 2.40. The highest BCUT2D eigenvalue weighted by Crippen LogP contribution is 2.43. The van der Waals surface area contributed by atoms with E-state index in [0.717, 1.165) is 6.54 Å². The first-order chi connectivity index (χ1) is 14.8. The summed E-state index contributed by atoms with van der Waals surface area (Å²) in [6, 6.07) is 29.1. The van der Waals surface area contributed by atoms with Gasteiger partial charge >= 0.3 is 0 Å². The lowest BCUT2D eigenvalue weighted by Crippen LogP contribution is -2.17. The van der Waals surface area contributed by atoms with E-state index >= 15 is 0 Å². The van der Waals surface area contributed by atoms with Crippen LogP contribution in [0.5, 0.6) is 0 Å². The van der Waals surface area contributed by atoms with Gasteiger partial charge in [0.15, 0.2) is 0 Å². The average molecular weight is 389 g/mol. The molecule has 2 heteroatoms. The molecular formula is C28H24N2. The highest BCUT2D eigenvalue weighted by Gasteiger charge is 2.26. The van der Waals surface area contributed by atoms with Crippen molar-refractivity contribution in [2.75, 3.05) is 11.9 Å². The molecule has 2 nitrogen and oxygen atoms in total. The first-order valence-electron chi connectivity index (χ1n) is 10.7. The summed E-state index contributed by atoms with van der Waals surface area (Å²) in [6.45, 7) is 3.20. The molecule has 2 heterocycles. The van der Waals surface area contributed by atoms with Gasteiger partial charge in [-0.25, -0.2) is 0 Å². The van der Waals surface area contributed by atoms with E-state index in [1.807, 2.05) is 0 Å². The monoisotopic (exact) mass is 388 g/mol. The van der Waals surface area contributed by atoms with Gasteiger partial charge in [-0.15, -0.1) is 0 Å². The van der Waals surface area contributed by atoms with Crippen molar-refractivity contribution in [1.82, 2.24) is 4.57 Å². The van der Waals surface area contributed by atoms with Gasteiger partial charge in [0.1, 0.15) is 0 Å². The third-order valence-corrected chi connectivity index (χ3v) is 6.61. The zero-order chi connectivity index (χ0) is 20.2. The summed E-state index contributed by atoms with van der Waals surface area (Å²) in [4.78, 5) is 2.38. The molecule has 0 N–H and O–H groups in total. The maximum atomic E-state index is 2.40. The highest BCUT2D eigenvalue weighted by atomic mass is 15.1. The van der Waals surface area contributed by atoms with Crippen molar-refractivity contribution < 1.29 is 0 Å². The third-order valence-electron chi connectivity index (χ3n) is 6.61. The number of hydrogen-bond donors (Lipinski definition) is 0. The number of aryl methyl sites for hydroxylation is 1. The Hall–Kier alpha value is -3.52. The lowest BCUT2D eigenvalue weighted by atomic mass is 10.0. The van der Waals surface area contributed by atoms with Gasteiger partial charge in [0.05, 0.1) is 6.04 Å². The minimum Gasteiger partial charge on any atom is -0.364 e. The summed E-state index contributed by atoms with van der Waals surface area (Å²) in [6.07, 6.45) is 4.62. The lowest BCUT2D eigenvalue weighted by Gasteiger charge is -2.20. The van der Waals surface area contributed by atoms with Crippen LogP contribution in [0.3, 0.4) is 0 Å². The van der Waals surface area contributed by atoms with Crippen molar-refractivity contribution in [2.45, 2.75) is 19.5 Å². The van der Waals surface area contributed by atoms with E-state index in [-0.39, 0.29) is 6.04 Å². The van der Waals surface area contributed by atoms with Gasteiger partial charge in [-0.1, -0.05) is 66.7 Å². The van der Waals surface area contributed by atoms with Crippen LogP contribution in [0, 0.1) is 0 Å². The molecule has 0 amide bonds. The number of likely N-dealkylation sites (N-methyl/N-ethyl adjacent to an activating group) is 1. The second kappa shape index (κ2) is 6.50. The van der Waals surface area contributed by atoms with Gasteiger partial charge in [-0.3, -0.25) is 0 Å². The fraction of sp³-hybridized carbons (Fsp3) is 0.143. The molecule has 6 rings (SSSR count). The molecule has 0 spiro atoms. The predicted octanol–water partition coefficient (Wildman–Crippen LogP) is 7.17. The second-order valence-corrected chi connectivity index (χ2v) is 8.18. The summed E-state index contributed by atoms with van der Waals surface area (Å²) in [5, 5.41) is 5.37. The van der Waals surface area contributed by atoms with Crippen molar-refractivity contribution in [2.24, 2.45) is 0 Å². The highest BCUT2D eigenvalue weighted by molar-refractivity contribution is 6.08. The molecule has 5 aromatic rings. The Morgan fingerprint density at radius 3 is 2.50 bits per heavy atom. The molecule has 1 atom stereocenters. The van der Waals surface area contributed by atoms with Gasteiger partial charge in [0.2, 0.25) is 0 Å². The molecule has 0 saturated heterocycles. The molecule has 0 saturated carbocycles. The van der Waals surface area contributed by atoms with Crippen LogP contribution in [-0.2, 0) is 6.54 Å². The molecule has 146 valence electrons. The van der Waals surface area contributed by atoms with E-state index in [4.69, 9.17) is 0 Å². The van der Waals surface area contributed by atoms with E-state index in [9.17, 15) is 0 Å². The van der Waals surface area contributed by atoms with Crippen LogP contribution in [0.2, 0.25) is 0 Å². The molecule has 1 aromatic heterocycles. The maximum absolute atomic E-state index is 2.40. The van der Waals surface area contributed by atoms with Gasteiger partial charge in [-0.05, 0) is 47.7 Å². The number of para-hydroxylation sites is 1. The molecule has 1 aliphatic heterocycles. The predicted molar refractivity (Wildman–Crippen MR) is 129 cm³/mol. The van der Waals surface area contributed by atoms with Crippen molar-refractivity contribution in [3.05, 3.63) is 96.1 Å². The average Bonchev–Trinajstić information content (AvgIpc) is 3.26. The van der Waals surface area contributed by atoms with Crippen molar-refractivity contribution >= 4 is 44.3 Å². The Labute approximate surface area is 176 Å². The van der Waals surface area contributed by atoms with Crippen molar-refractivity contribution in [1.29, 1.82) is 0 Å². The van der Waals surface area contributed by atoms with Crippen LogP contribution >= 0.6 is 0 Å². The van der Waals surface area contributed by atoms with Crippen molar-refractivity contribution in [3.63, 3.8) is 0 Å². The summed E-state index contributed by atoms with van der Waals surface area (Å²) >= 11 is 0. The number of nitrogens with zero attached hydrogens (tertiary/aromatic N) is 2. The Balaban J connectivity index is 1.44. The summed E-state index contributed by atoms with van der Waals surface area (Å²) in [7, 11) is 2.20. The van der Waals surface area contributed by atoms with Crippen LogP contribution in [0.1, 0.15) is 24.1 Å². The normalized spacial score (nSPS) is 15.9. The Morgan fingerprint density at radius 2 is 1.63 bits per heavy atom. The molecule has 0 radical (unpaired) electrons. The van der Waals surface area contributed by atoms with Gasteiger partial charge in [-0.2, -0.15) is 0 Å². The van der Waals surface area contributed by atoms with E-state index in [1.54, 1.807) is 0 Å². The zero-order valence-corrected chi connectivity index (χ0v) is 17.3. The van der Waals surface area contributed by atoms with Crippen LogP contribution in [0.15, 0.2) is 84.9 Å². The largest absolute Gasteiger partial charge is 0.364 e. The molecular weight excluding hydrogens is 364 g/mol. The van der Waals surface area contributed by atoms with Gasteiger partial charge in [0, 0.05) is 46.5 Å². The third kappa shape index (κ3) is 2.37. The van der Waals surface area contributed by atoms with Crippen LogP contribution in [0.25, 0.3) is 38.7 Å². The molecule has 0 bridgehead atoms. The minimum atomic E-state index is 0.263. The second-order valence-electron chi connectivity index (χ2n) is 8.18. The first-order valence-corrected chi connectivity index (χ1v) is 10.7. The molecule has 0 aliphatic carbocycles. The fourth-order valence-electron chi connectivity index (χ4n) is 5.20. The van der Waals surface area contributed by atoms with Gasteiger partial charge in [0.25, 0.3) is 0 Å². The first kappa shape index (κ1) is 17.3. The molecule has 1 aliphatic rings. The van der Waals surface area contributed by atoms with E-state index in [2.05, 4.69) is 114 Å². The van der Waals surface area contributed by atoms with E-state index in [0.29, 0.717) is 0 Å². The lowest BCUT2D eigenvalue weighted by molar-refractivity contribution is 0.827. The number of aromatic nitrogens is 1. The van der Waals surface area contributed by atoms with Crippen LogP contribution < -0.4 is 4.90 Å². The summed E-state index contributed by atoms with van der Waals surface area (Å²) in [5.74, 6) is 0. The molecule has 30 heavy (non-hydrogen) atoms.